The molecule has 0 saturated heterocycles. The van der Waals surface area contributed by atoms with Crippen molar-refractivity contribution in [2.45, 2.75) is 45.1 Å². The summed E-state index contributed by atoms with van der Waals surface area (Å²) in [5.41, 5.74) is 6.53. The van der Waals surface area contributed by atoms with Crippen LogP contribution in [0.2, 0.25) is 0 Å². The number of hydrogen-bond acceptors (Lipinski definition) is 4. The average Bonchev–Trinajstić information content (AvgIpc) is 3.22. The standard InChI is InChI=1S/C24H28NO4.ClH/c1-5-24(6-2)22-16(7-8-19(26-3)23(22)27-4)11-18-17-13-21-20(28-14-29-21)12-15(17)9-10-25(18)24;/h7-8,12-13H,5-6,9-11,14H2,1-4H3;1H/q+1;/p-1. The molecule has 0 fully saturated rings. The Balaban J connectivity index is 0.00000218. The number of hydrogen-bond donors (Lipinski definition) is 0. The fraction of sp³-hybridized carbons (Fsp3) is 0.458. The third-order valence-corrected chi connectivity index (χ3v) is 6.98. The van der Waals surface area contributed by atoms with Gasteiger partial charge < -0.3 is 31.4 Å². The number of halogens is 1. The van der Waals surface area contributed by atoms with E-state index >= 15 is 0 Å². The molecule has 0 aliphatic carbocycles. The zero-order valence-corrected chi connectivity index (χ0v) is 18.8. The molecule has 5 nitrogen and oxygen atoms in total. The van der Waals surface area contributed by atoms with Gasteiger partial charge in [0, 0.05) is 24.8 Å². The Hall–Kier alpha value is -2.40. The van der Waals surface area contributed by atoms with Crippen LogP contribution >= 0.6 is 0 Å². The molecule has 0 spiro atoms. The second-order valence-electron chi connectivity index (χ2n) is 7.96. The van der Waals surface area contributed by atoms with Crippen molar-refractivity contribution < 1.29 is 35.9 Å². The van der Waals surface area contributed by atoms with Crippen LogP contribution in [0.4, 0.5) is 0 Å². The number of fused-ring (bicyclic) bond motifs is 4. The quantitative estimate of drug-likeness (QED) is 0.682. The molecular formula is C24H28ClNO4. The van der Waals surface area contributed by atoms with Crippen LogP contribution in [-0.2, 0) is 18.4 Å². The van der Waals surface area contributed by atoms with Gasteiger partial charge in [-0.25, -0.2) is 4.58 Å². The monoisotopic (exact) mass is 429 g/mol. The van der Waals surface area contributed by atoms with Crippen molar-refractivity contribution in [3.05, 3.63) is 46.5 Å². The van der Waals surface area contributed by atoms with Crippen molar-refractivity contribution in [2.24, 2.45) is 0 Å². The normalized spacial score (nSPS) is 17.5. The summed E-state index contributed by atoms with van der Waals surface area (Å²) in [4.78, 5) is 0. The Morgan fingerprint density at radius 2 is 1.73 bits per heavy atom. The van der Waals surface area contributed by atoms with E-state index in [2.05, 4.69) is 36.6 Å². The molecule has 0 aromatic heterocycles. The van der Waals surface area contributed by atoms with Crippen molar-refractivity contribution in [3.8, 4) is 23.0 Å². The maximum absolute atomic E-state index is 5.91. The van der Waals surface area contributed by atoms with Gasteiger partial charge in [-0.2, -0.15) is 0 Å². The summed E-state index contributed by atoms with van der Waals surface area (Å²) in [6.45, 7) is 5.86. The van der Waals surface area contributed by atoms with E-state index in [4.69, 9.17) is 18.9 Å². The van der Waals surface area contributed by atoms with Gasteiger partial charge in [-0.3, -0.25) is 0 Å². The van der Waals surface area contributed by atoms with E-state index in [1.54, 1.807) is 14.2 Å². The van der Waals surface area contributed by atoms with E-state index in [0.29, 0.717) is 6.79 Å². The highest BCUT2D eigenvalue weighted by molar-refractivity contribution is 6.02. The largest absolute Gasteiger partial charge is 1.00 e. The third-order valence-electron chi connectivity index (χ3n) is 6.98. The number of benzene rings is 2. The van der Waals surface area contributed by atoms with E-state index in [1.807, 2.05) is 6.07 Å². The molecule has 2 aromatic rings. The Bertz CT molecular complexity index is 1030. The van der Waals surface area contributed by atoms with Crippen LogP contribution in [0.25, 0.3) is 0 Å². The maximum atomic E-state index is 5.91. The van der Waals surface area contributed by atoms with Gasteiger partial charge in [0.05, 0.1) is 26.2 Å². The van der Waals surface area contributed by atoms with Gasteiger partial charge in [0.1, 0.15) is 6.54 Å². The van der Waals surface area contributed by atoms with E-state index < -0.39 is 0 Å². The molecule has 6 heteroatoms. The first-order chi connectivity index (χ1) is 14.2. The minimum Gasteiger partial charge on any atom is -1.00 e. The lowest BCUT2D eigenvalue weighted by atomic mass is 9.74. The summed E-state index contributed by atoms with van der Waals surface area (Å²) in [7, 11) is 3.46. The van der Waals surface area contributed by atoms with Crippen molar-refractivity contribution in [3.63, 3.8) is 0 Å². The van der Waals surface area contributed by atoms with Gasteiger partial charge in [-0.15, -0.1) is 0 Å². The van der Waals surface area contributed by atoms with Crippen LogP contribution in [-0.4, -0.2) is 37.8 Å². The van der Waals surface area contributed by atoms with Crippen LogP contribution < -0.4 is 31.4 Å². The zero-order chi connectivity index (χ0) is 20.2. The summed E-state index contributed by atoms with van der Waals surface area (Å²) in [6, 6.07) is 8.60. The number of ether oxygens (including phenoxy) is 4. The van der Waals surface area contributed by atoms with Gasteiger partial charge in [0.25, 0.3) is 0 Å². The molecule has 30 heavy (non-hydrogen) atoms. The number of rotatable bonds is 4. The van der Waals surface area contributed by atoms with E-state index in [-0.39, 0.29) is 17.9 Å². The van der Waals surface area contributed by atoms with E-state index in [1.165, 1.54) is 28.0 Å². The maximum Gasteiger partial charge on any atom is 0.231 e. The third kappa shape index (κ3) is 2.71. The minimum absolute atomic E-state index is 0. The van der Waals surface area contributed by atoms with Crippen molar-refractivity contribution >= 4 is 5.71 Å². The molecule has 3 aliphatic rings. The summed E-state index contributed by atoms with van der Waals surface area (Å²) < 4.78 is 25.5. The van der Waals surface area contributed by atoms with E-state index in [9.17, 15) is 0 Å². The Labute approximate surface area is 184 Å². The summed E-state index contributed by atoms with van der Waals surface area (Å²) in [6.07, 6.45) is 3.88. The van der Waals surface area contributed by atoms with Gasteiger partial charge in [0.15, 0.2) is 34.2 Å². The summed E-state index contributed by atoms with van der Waals surface area (Å²) in [5.74, 6) is 3.42. The molecule has 3 aliphatic heterocycles. The summed E-state index contributed by atoms with van der Waals surface area (Å²) in [5, 5.41) is 0. The molecule has 160 valence electrons. The van der Waals surface area contributed by atoms with E-state index in [0.717, 1.165) is 55.2 Å². The minimum atomic E-state index is -0.114. The molecule has 0 N–H and O–H groups in total. The molecule has 0 saturated carbocycles. The van der Waals surface area contributed by atoms with Crippen LogP contribution in [0.3, 0.4) is 0 Å². The summed E-state index contributed by atoms with van der Waals surface area (Å²) >= 11 is 0. The molecule has 0 amide bonds. The first-order valence-electron chi connectivity index (χ1n) is 10.5. The number of methoxy groups -OCH3 is 2. The van der Waals surface area contributed by atoms with Crippen LogP contribution in [0.1, 0.15) is 48.9 Å². The highest BCUT2D eigenvalue weighted by Gasteiger charge is 2.51. The topological polar surface area (TPSA) is 39.9 Å². The molecule has 0 atom stereocenters. The fourth-order valence-corrected chi connectivity index (χ4v) is 5.56. The molecular weight excluding hydrogens is 402 g/mol. The second-order valence-corrected chi connectivity index (χ2v) is 7.96. The molecule has 3 heterocycles. The first kappa shape index (κ1) is 20.9. The lowest BCUT2D eigenvalue weighted by molar-refractivity contribution is -0.623. The van der Waals surface area contributed by atoms with Crippen LogP contribution in [0.5, 0.6) is 23.0 Å². The Morgan fingerprint density at radius 1 is 1.00 bits per heavy atom. The predicted octanol–water partition coefficient (Wildman–Crippen LogP) is 1.07. The Kier molecular flexibility index (Phi) is 5.35. The van der Waals surface area contributed by atoms with Gasteiger partial charge in [-0.1, -0.05) is 19.9 Å². The van der Waals surface area contributed by atoms with Gasteiger partial charge in [0.2, 0.25) is 6.79 Å². The zero-order valence-electron chi connectivity index (χ0n) is 18.0. The van der Waals surface area contributed by atoms with Crippen LogP contribution in [0.15, 0.2) is 24.3 Å². The molecule has 5 rings (SSSR count). The second kappa shape index (κ2) is 7.69. The Morgan fingerprint density at radius 3 is 2.40 bits per heavy atom. The highest BCUT2D eigenvalue weighted by Crippen LogP contribution is 2.49. The van der Waals surface area contributed by atoms with Crippen molar-refractivity contribution in [2.75, 3.05) is 27.6 Å². The van der Waals surface area contributed by atoms with Gasteiger partial charge >= 0.3 is 0 Å². The van der Waals surface area contributed by atoms with Crippen molar-refractivity contribution in [1.29, 1.82) is 0 Å². The average molecular weight is 430 g/mol. The predicted molar refractivity (Wildman–Crippen MR) is 111 cm³/mol. The molecule has 0 bridgehead atoms. The lowest BCUT2D eigenvalue weighted by Gasteiger charge is -2.39. The molecule has 2 aromatic carbocycles. The van der Waals surface area contributed by atoms with Crippen LogP contribution in [0, 0.1) is 0 Å². The van der Waals surface area contributed by atoms with Gasteiger partial charge in [-0.05, 0) is 29.3 Å². The lowest BCUT2D eigenvalue weighted by Crippen LogP contribution is -3.00. The number of nitrogens with zero attached hydrogens (tertiary/aromatic N) is 1. The molecule has 0 radical (unpaired) electrons. The smallest absolute Gasteiger partial charge is 0.231 e. The molecule has 0 unspecified atom stereocenters. The highest BCUT2D eigenvalue weighted by atomic mass is 35.5. The van der Waals surface area contributed by atoms with Crippen molar-refractivity contribution in [1.82, 2.24) is 0 Å². The fourth-order valence-electron chi connectivity index (χ4n) is 5.56. The SMILES string of the molecule is CCC1(CC)c2c(ccc(OC)c2OC)CC2=[N+]1CCc1cc3c(cc12)OCO3.[Cl-]. The first-order valence-corrected chi connectivity index (χ1v) is 10.5.